The maximum Gasteiger partial charge on any atom is 0.0841 e. The fourth-order valence-corrected chi connectivity index (χ4v) is 2.58. The summed E-state index contributed by atoms with van der Waals surface area (Å²) in [6, 6.07) is 13.8. The van der Waals surface area contributed by atoms with Crippen molar-refractivity contribution in [1.82, 2.24) is 0 Å². The summed E-state index contributed by atoms with van der Waals surface area (Å²) in [5.41, 5.74) is 3.32. The maximum atomic E-state index is 6.31. The van der Waals surface area contributed by atoms with Crippen LogP contribution in [0.4, 0.5) is 0 Å². The molecule has 3 heteroatoms. The first kappa shape index (κ1) is 15.4. The Morgan fingerprint density at radius 2 is 1.75 bits per heavy atom. The summed E-state index contributed by atoms with van der Waals surface area (Å²) in [5, 5.41) is 1.51. The van der Waals surface area contributed by atoms with Gasteiger partial charge in [-0.3, -0.25) is 0 Å². The standard InChI is InChI=1S/C17H18Cl2O/c1-3-17(15-9-4-12(2)10-16(15)19)20-11-13-5-7-14(18)8-6-13/h4-10,17H,3,11H2,1-2H3. The van der Waals surface area contributed by atoms with Gasteiger partial charge in [0.15, 0.2) is 0 Å². The molecule has 0 aliphatic heterocycles. The van der Waals surface area contributed by atoms with Crippen LogP contribution in [-0.4, -0.2) is 0 Å². The van der Waals surface area contributed by atoms with Crippen molar-refractivity contribution in [2.24, 2.45) is 0 Å². The maximum absolute atomic E-state index is 6.31. The van der Waals surface area contributed by atoms with E-state index >= 15 is 0 Å². The lowest BCUT2D eigenvalue weighted by molar-refractivity contribution is 0.0372. The van der Waals surface area contributed by atoms with Gasteiger partial charge in [-0.2, -0.15) is 0 Å². The van der Waals surface area contributed by atoms with Crippen molar-refractivity contribution in [3.63, 3.8) is 0 Å². The fraction of sp³-hybridized carbons (Fsp3) is 0.294. The molecule has 1 unspecified atom stereocenters. The Morgan fingerprint density at radius 1 is 1.05 bits per heavy atom. The Morgan fingerprint density at radius 3 is 2.35 bits per heavy atom. The van der Waals surface area contributed by atoms with Crippen molar-refractivity contribution in [3.8, 4) is 0 Å². The summed E-state index contributed by atoms with van der Waals surface area (Å²) in [4.78, 5) is 0. The zero-order valence-electron chi connectivity index (χ0n) is 11.7. The minimum Gasteiger partial charge on any atom is -0.369 e. The number of aryl methyl sites for hydroxylation is 1. The summed E-state index contributed by atoms with van der Waals surface area (Å²) >= 11 is 12.2. The Hall–Kier alpha value is -1.02. The van der Waals surface area contributed by atoms with Crippen LogP contribution < -0.4 is 0 Å². The van der Waals surface area contributed by atoms with Crippen LogP contribution in [0.5, 0.6) is 0 Å². The minimum absolute atomic E-state index is 0.0128. The van der Waals surface area contributed by atoms with Crippen LogP contribution in [0.25, 0.3) is 0 Å². The van der Waals surface area contributed by atoms with Gasteiger partial charge in [0.05, 0.1) is 12.7 Å². The molecule has 0 aliphatic carbocycles. The third-order valence-electron chi connectivity index (χ3n) is 3.24. The number of hydrogen-bond donors (Lipinski definition) is 0. The highest BCUT2D eigenvalue weighted by Crippen LogP contribution is 2.29. The first-order chi connectivity index (χ1) is 9.60. The molecule has 2 aromatic rings. The van der Waals surface area contributed by atoms with E-state index < -0.39 is 0 Å². The zero-order valence-corrected chi connectivity index (χ0v) is 13.2. The van der Waals surface area contributed by atoms with E-state index in [9.17, 15) is 0 Å². The van der Waals surface area contributed by atoms with Gasteiger partial charge < -0.3 is 4.74 Å². The highest BCUT2D eigenvalue weighted by molar-refractivity contribution is 6.31. The van der Waals surface area contributed by atoms with Gasteiger partial charge in [0, 0.05) is 10.0 Å². The topological polar surface area (TPSA) is 9.23 Å². The lowest BCUT2D eigenvalue weighted by Gasteiger charge is -2.18. The summed E-state index contributed by atoms with van der Waals surface area (Å²) in [6.07, 6.45) is 0.898. The Balaban J connectivity index is 2.07. The lowest BCUT2D eigenvalue weighted by Crippen LogP contribution is -2.04. The molecule has 2 aromatic carbocycles. The minimum atomic E-state index is 0.0128. The van der Waals surface area contributed by atoms with E-state index in [4.69, 9.17) is 27.9 Å². The lowest BCUT2D eigenvalue weighted by atomic mass is 10.1. The van der Waals surface area contributed by atoms with Crippen molar-refractivity contribution in [1.29, 1.82) is 0 Å². The van der Waals surface area contributed by atoms with Crippen LogP contribution in [0, 0.1) is 6.92 Å². The Kier molecular flexibility index (Phi) is 5.47. The van der Waals surface area contributed by atoms with Gasteiger partial charge in [-0.05, 0) is 48.2 Å². The molecule has 0 aromatic heterocycles. The molecule has 0 N–H and O–H groups in total. The van der Waals surface area contributed by atoms with Crippen LogP contribution in [0.1, 0.15) is 36.1 Å². The van der Waals surface area contributed by atoms with Crippen LogP contribution >= 0.6 is 23.2 Å². The van der Waals surface area contributed by atoms with E-state index in [1.54, 1.807) is 0 Å². The average Bonchev–Trinajstić information content (AvgIpc) is 2.43. The normalized spacial score (nSPS) is 12.4. The van der Waals surface area contributed by atoms with Crippen LogP contribution in [0.2, 0.25) is 10.0 Å². The summed E-state index contributed by atoms with van der Waals surface area (Å²) in [7, 11) is 0. The third kappa shape index (κ3) is 3.99. The molecule has 0 radical (unpaired) electrons. The van der Waals surface area contributed by atoms with Crippen molar-refractivity contribution in [2.45, 2.75) is 33.0 Å². The molecule has 1 atom stereocenters. The molecule has 0 bridgehead atoms. The number of benzene rings is 2. The second kappa shape index (κ2) is 7.12. The molecular weight excluding hydrogens is 291 g/mol. The predicted molar refractivity (Wildman–Crippen MR) is 85.5 cm³/mol. The molecule has 0 amide bonds. The molecule has 0 heterocycles. The van der Waals surface area contributed by atoms with E-state index in [0.29, 0.717) is 6.61 Å². The van der Waals surface area contributed by atoms with Crippen molar-refractivity contribution < 1.29 is 4.74 Å². The Bertz CT molecular complexity index is 564. The number of rotatable bonds is 5. The van der Waals surface area contributed by atoms with Gasteiger partial charge in [0.1, 0.15) is 0 Å². The van der Waals surface area contributed by atoms with Crippen LogP contribution in [-0.2, 0) is 11.3 Å². The van der Waals surface area contributed by atoms with Gasteiger partial charge >= 0.3 is 0 Å². The number of ether oxygens (including phenoxy) is 1. The zero-order chi connectivity index (χ0) is 14.5. The van der Waals surface area contributed by atoms with Gasteiger partial charge in [0.25, 0.3) is 0 Å². The van der Waals surface area contributed by atoms with Crippen molar-refractivity contribution in [2.75, 3.05) is 0 Å². The van der Waals surface area contributed by atoms with E-state index in [-0.39, 0.29) is 6.10 Å². The predicted octanol–water partition coefficient (Wildman–Crippen LogP) is 5.97. The van der Waals surface area contributed by atoms with Gasteiger partial charge in [-0.25, -0.2) is 0 Å². The molecule has 0 saturated carbocycles. The number of hydrogen-bond acceptors (Lipinski definition) is 1. The fourth-order valence-electron chi connectivity index (χ4n) is 2.10. The van der Waals surface area contributed by atoms with E-state index in [1.165, 1.54) is 0 Å². The van der Waals surface area contributed by atoms with Crippen molar-refractivity contribution in [3.05, 3.63) is 69.2 Å². The third-order valence-corrected chi connectivity index (χ3v) is 3.82. The summed E-state index contributed by atoms with van der Waals surface area (Å²) < 4.78 is 6.00. The van der Waals surface area contributed by atoms with E-state index in [2.05, 4.69) is 13.0 Å². The van der Waals surface area contributed by atoms with Crippen LogP contribution in [0.3, 0.4) is 0 Å². The van der Waals surface area contributed by atoms with Crippen LogP contribution in [0.15, 0.2) is 42.5 Å². The second-order valence-corrected chi connectivity index (χ2v) is 5.70. The SMILES string of the molecule is CCC(OCc1ccc(Cl)cc1)c1ccc(C)cc1Cl. The van der Waals surface area contributed by atoms with Gasteiger partial charge in [-0.1, -0.05) is 54.4 Å². The smallest absolute Gasteiger partial charge is 0.0841 e. The molecule has 2 rings (SSSR count). The van der Waals surface area contributed by atoms with Gasteiger partial charge in [0.2, 0.25) is 0 Å². The monoisotopic (exact) mass is 308 g/mol. The second-order valence-electron chi connectivity index (χ2n) is 4.86. The highest BCUT2D eigenvalue weighted by Gasteiger charge is 2.13. The molecule has 0 saturated heterocycles. The summed E-state index contributed by atoms with van der Waals surface area (Å²) in [5.74, 6) is 0. The van der Waals surface area contributed by atoms with Crippen molar-refractivity contribution >= 4 is 23.2 Å². The first-order valence-electron chi connectivity index (χ1n) is 6.72. The molecule has 0 fully saturated rings. The average molecular weight is 309 g/mol. The van der Waals surface area contributed by atoms with E-state index in [0.717, 1.165) is 33.2 Å². The molecule has 0 aliphatic rings. The number of halogens is 2. The molecular formula is C17H18Cl2O. The Labute approximate surface area is 130 Å². The van der Waals surface area contributed by atoms with E-state index in [1.807, 2.05) is 43.3 Å². The summed E-state index contributed by atoms with van der Waals surface area (Å²) in [6.45, 7) is 4.69. The quantitative estimate of drug-likeness (QED) is 0.661. The molecule has 20 heavy (non-hydrogen) atoms. The first-order valence-corrected chi connectivity index (χ1v) is 7.48. The largest absolute Gasteiger partial charge is 0.369 e. The van der Waals surface area contributed by atoms with Gasteiger partial charge in [-0.15, -0.1) is 0 Å². The highest BCUT2D eigenvalue weighted by atomic mass is 35.5. The molecule has 1 nitrogen and oxygen atoms in total. The molecule has 106 valence electrons. The molecule has 0 spiro atoms.